The molecule has 0 spiro atoms. The van der Waals surface area contributed by atoms with Gasteiger partial charge in [-0.3, -0.25) is 9.10 Å². The highest BCUT2D eigenvalue weighted by atomic mass is 32.2. The summed E-state index contributed by atoms with van der Waals surface area (Å²) in [6, 6.07) is 9.89. The van der Waals surface area contributed by atoms with E-state index in [-0.39, 0.29) is 25.8 Å². The van der Waals surface area contributed by atoms with E-state index in [2.05, 4.69) is 5.32 Å². The van der Waals surface area contributed by atoms with E-state index in [4.69, 9.17) is 9.47 Å². The van der Waals surface area contributed by atoms with E-state index in [0.717, 1.165) is 10.6 Å². The van der Waals surface area contributed by atoms with Crippen molar-refractivity contribution in [3.63, 3.8) is 0 Å². The van der Waals surface area contributed by atoms with Gasteiger partial charge in [0.2, 0.25) is 16.8 Å². The van der Waals surface area contributed by atoms with Crippen LogP contribution in [-0.2, 0) is 10.0 Å². The Kier molecular flexibility index (Phi) is 4.99. The molecule has 0 saturated heterocycles. The summed E-state index contributed by atoms with van der Waals surface area (Å²) in [7, 11) is -3.58. The highest BCUT2D eigenvalue weighted by Crippen LogP contribution is 2.32. The van der Waals surface area contributed by atoms with Gasteiger partial charge < -0.3 is 14.8 Å². The first-order valence-electron chi connectivity index (χ1n) is 7.76. The van der Waals surface area contributed by atoms with Gasteiger partial charge in [-0.25, -0.2) is 12.8 Å². The van der Waals surface area contributed by atoms with Crippen molar-refractivity contribution in [1.29, 1.82) is 0 Å². The fourth-order valence-corrected chi connectivity index (χ4v) is 3.43. The molecule has 0 atom stereocenters. The number of nitrogens with one attached hydrogen (secondary N) is 1. The molecule has 3 rings (SSSR count). The molecule has 7 nitrogen and oxygen atoms in total. The number of benzene rings is 2. The lowest BCUT2D eigenvalue weighted by molar-refractivity contribution is 0.0954. The van der Waals surface area contributed by atoms with Gasteiger partial charge in [0.1, 0.15) is 5.82 Å². The van der Waals surface area contributed by atoms with E-state index in [1.807, 2.05) is 0 Å². The number of hydrogen-bond donors (Lipinski definition) is 1. The molecule has 1 aliphatic rings. The van der Waals surface area contributed by atoms with Crippen molar-refractivity contribution in [2.24, 2.45) is 0 Å². The second kappa shape index (κ2) is 7.20. The quantitative estimate of drug-likeness (QED) is 0.825. The maximum absolute atomic E-state index is 13.0. The van der Waals surface area contributed by atoms with E-state index in [9.17, 15) is 17.6 Å². The number of ether oxygens (including phenoxy) is 2. The summed E-state index contributed by atoms with van der Waals surface area (Å²) >= 11 is 0. The van der Waals surface area contributed by atoms with Crippen LogP contribution in [0.25, 0.3) is 0 Å². The number of amides is 1. The number of nitrogens with zero attached hydrogens (tertiary/aromatic N) is 1. The summed E-state index contributed by atoms with van der Waals surface area (Å²) in [4.78, 5) is 12.2. The summed E-state index contributed by atoms with van der Waals surface area (Å²) in [5.41, 5.74) is 0.702. The molecule has 1 amide bonds. The molecular formula is C17H17FN2O5S. The minimum absolute atomic E-state index is 0.0146. The van der Waals surface area contributed by atoms with Gasteiger partial charge in [-0.2, -0.15) is 0 Å². The van der Waals surface area contributed by atoms with Crippen molar-refractivity contribution in [3.8, 4) is 11.5 Å². The largest absolute Gasteiger partial charge is 0.454 e. The molecule has 0 unspecified atom stereocenters. The predicted molar refractivity (Wildman–Crippen MR) is 93.5 cm³/mol. The van der Waals surface area contributed by atoms with Crippen molar-refractivity contribution < 1.29 is 27.1 Å². The Labute approximate surface area is 150 Å². The van der Waals surface area contributed by atoms with Gasteiger partial charge in [0.25, 0.3) is 5.91 Å². The fraction of sp³-hybridized carbons (Fsp3) is 0.235. The third-order valence-corrected chi connectivity index (χ3v) is 4.94. The normalized spacial score (nSPS) is 12.7. The molecule has 138 valence electrons. The Morgan fingerprint density at radius 1 is 1.15 bits per heavy atom. The van der Waals surface area contributed by atoms with Gasteiger partial charge in [-0.05, 0) is 42.5 Å². The molecule has 9 heteroatoms. The van der Waals surface area contributed by atoms with Crippen LogP contribution >= 0.6 is 0 Å². The molecule has 0 aromatic heterocycles. The minimum Gasteiger partial charge on any atom is -0.454 e. The van der Waals surface area contributed by atoms with E-state index in [0.29, 0.717) is 22.7 Å². The molecule has 1 heterocycles. The highest BCUT2D eigenvalue weighted by Gasteiger charge is 2.19. The van der Waals surface area contributed by atoms with Crippen molar-refractivity contribution in [1.82, 2.24) is 5.32 Å². The van der Waals surface area contributed by atoms with Crippen molar-refractivity contribution in [3.05, 3.63) is 53.8 Å². The highest BCUT2D eigenvalue weighted by molar-refractivity contribution is 7.92. The van der Waals surface area contributed by atoms with E-state index in [1.54, 1.807) is 18.2 Å². The Morgan fingerprint density at radius 3 is 2.54 bits per heavy atom. The number of halogens is 1. The zero-order valence-electron chi connectivity index (χ0n) is 13.9. The van der Waals surface area contributed by atoms with Gasteiger partial charge >= 0.3 is 0 Å². The van der Waals surface area contributed by atoms with Crippen LogP contribution < -0.4 is 19.1 Å². The van der Waals surface area contributed by atoms with Crippen LogP contribution in [0.15, 0.2) is 42.5 Å². The first-order valence-corrected chi connectivity index (χ1v) is 9.60. The Bertz CT molecular complexity index is 915. The molecule has 0 bridgehead atoms. The molecule has 2 aromatic rings. The molecule has 0 fully saturated rings. The molecule has 0 saturated carbocycles. The lowest BCUT2D eigenvalue weighted by Gasteiger charge is -2.22. The first kappa shape index (κ1) is 18.0. The van der Waals surface area contributed by atoms with Crippen LogP contribution in [0.1, 0.15) is 10.4 Å². The Balaban J connectivity index is 1.64. The van der Waals surface area contributed by atoms with Gasteiger partial charge in [0.15, 0.2) is 11.5 Å². The molecular weight excluding hydrogens is 363 g/mol. The average Bonchev–Trinajstić information content (AvgIpc) is 3.06. The summed E-state index contributed by atoms with van der Waals surface area (Å²) in [5.74, 6) is 0.233. The predicted octanol–water partition coefficient (Wildman–Crippen LogP) is 1.75. The van der Waals surface area contributed by atoms with Crippen LogP contribution in [0.3, 0.4) is 0 Å². The average molecular weight is 380 g/mol. The maximum atomic E-state index is 13.0. The smallest absolute Gasteiger partial charge is 0.251 e. The Morgan fingerprint density at radius 2 is 1.85 bits per heavy atom. The third kappa shape index (κ3) is 4.05. The summed E-state index contributed by atoms with van der Waals surface area (Å²) in [6.07, 6.45) is 1.05. The van der Waals surface area contributed by atoms with Crippen LogP contribution in [0, 0.1) is 5.82 Å². The molecule has 0 radical (unpaired) electrons. The van der Waals surface area contributed by atoms with Crippen molar-refractivity contribution >= 4 is 21.6 Å². The van der Waals surface area contributed by atoms with E-state index in [1.165, 1.54) is 24.3 Å². The van der Waals surface area contributed by atoms with Crippen LogP contribution in [0.2, 0.25) is 0 Å². The molecule has 0 aliphatic carbocycles. The Hall–Kier alpha value is -2.81. The number of carbonyl (C=O) groups is 1. The summed E-state index contributed by atoms with van der Waals surface area (Å²) in [6.45, 7) is 0.208. The number of carbonyl (C=O) groups excluding carboxylic acids is 1. The van der Waals surface area contributed by atoms with Crippen molar-refractivity contribution in [2.75, 3.05) is 30.4 Å². The van der Waals surface area contributed by atoms with Crippen LogP contribution in [-0.4, -0.2) is 40.5 Å². The molecule has 2 aromatic carbocycles. The third-order valence-electron chi connectivity index (χ3n) is 3.75. The molecule has 1 aliphatic heterocycles. The van der Waals surface area contributed by atoms with E-state index >= 15 is 0 Å². The van der Waals surface area contributed by atoms with Crippen LogP contribution in [0.4, 0.5) is 10.1 Å². The van der Waals surface area contributed by atoms with E-state index < -0.39 is 15.8 Å². The van der Waals surface area contributed by atoms with Gasteiger partial charge in [0.05, 0.1) is 18.5 Å². The second-order valence-corrected chi connectivity index (χ2v) is 7.54. The first-order chi connectivity index (χ1) is 12.3. The number of fused-ring (bicyclic) bond motifs is 1. The zero-order chi connectivity index (χ0) is 18.7. The number of sulfonamides is 1. The fourth-order valence-electron chi connectivity index (χ4n) is 2.50. The van der Waals surface area contributed by atoms with Gasteiger partial charge in [-0.15, -0.1) is 0 Å². The topological polar surface area (TPSA) is 84.9 Å². The maximum Gasteiger partial charge on any atom is 0.251 e. The minimum atomic E-state index is -3.58. The molecule has 26 heavy (non-hydrogen) atoms. The number of anilines is 1. The zero-order valence-corrected chi connectivity index (χ0v) is 14.8. The van der Waals surface area contributed by atoms with Crippen molar-refractivity contribution in [2.45, 2.75) is 0 Å². The SMILES string of the molecule is CS(=O)(=O)N(CCNC(=O)c1ccc2c(c1)OCO2)c1ccc(F)cc1. The monoisotopic (exact) mass is 380 g/mol. The van der Waals surface area contributed by atoms with Crippen LogP contribution in [0.5, 0.6) is 11.5 Å². The summed E-state index contributed by atoms with van der Waals surface area (Å²) < 4.78 is 48.5. The standard InChI is InChI=1S/C17H17FN2O5S/c1-26(22,23)20(14-5-3-13(18)4-6-14)9-8-19-17(21)12-2-7-15-16(10-12)25-11-24-15/h2-7,10H,8-9,11H2,1H3,(H,19,21). The summed E-state index contributed by atoms with van der Waals surface area (Å²) in [5, 5.41) is 2.66. The second-order valence-electron chi connectivity index (χ2n) is 5.64. The number of rotatable bonds is 6. The lowest BCUT2D eigenvalue weighted by Crippen LogP contribution is -2.38. The van der Waals surface area contributed by atoms with Gasteiger partial charge in [-0.1, -0.05) is 0 Å². The number of hydrogen-bond acceptors (Lipinski definition) is 5. The lowest BCUT2D eigenvalue weighted by atomic mass is 10.2. The van der Waals surface area contributed by atoms with Gasteiger partial charge in [0, 0.05) is 12.1 Å². The molecule has 1 N–H and O–H groups in total.